The number of aryl methyl sites for hydroxylation is 1. The molecule has 1 aliphatic rings. The largest absolute Gasteiger partial charge is 0.319 e. The summed E-state index contributed by atoms with van der Waals surface area (Å²) in [5, 5.41) is 4.81. The fourth-order valence-electron chi connectivity index (χ4n) is 1.26. The van der Waals surface area contributed by atoms with Crippen LogP contribution < -0.4 is 5.32 Å². The van der Waals surface area contributed by atoms with Gasteiger partial charge in [0, 0.05) is 11.4 Å². The van der Waals surface area contributed by atoms with Crippen LogP contribution in [0.3, 0.4) is 0 Å². The van der Waals surface area contributed by atoms with E-state index in [0.29, 0.717) is 5.25 Å². The zero-order valence-corrected chi connectivity index (χ0v) is 9.14. The second-order valence-corrected chi connectivity index (χ2v) is 4.80. The zero-order chi connectivity index (χ0) is 9.97. The van der Waals surface area contributed by atoms with E-state index in [-0.39, 0.29) is 0 Å². The number of amidine groups is 1. The molecule has 0 aromatic carbocycles. The summed E-state index contributed by atoms with van der Waals surface area (Å²) in [5.74, 6) is 0.910. The molecule has 0 bridgehead atoms. The molecule has 0 aliphatic carbocycles. The Kier molecular flexibility index (Phi) is 2.72. The molecule has 2 rings (SSSR count). The van der Waals surface area contributed by atoms with Crippen molar-refractivity contribution in [1.29, 1.82) is 0 Å². The molecular weight excluding hydrogens is 194 g/mol. The van der Waals surface area contributed by atoms with Crippen molar-refractivity contribution in [1.82, 2.24) is 4.98 Å². The standard InChI is InChI=1S/C10H13N3S/c1-7-4-3-5-11-9(7)13-10-12-6-8(2)14-10/h3-5,8H,6H2,1-2H3,(H,11,12,13)/t8-/m0/s1. The molecular formula is C10H13N3S. The first-order chi connectivity index (χ1) is 6.75. The Hall–Kier alpha value is -1.03. The van der Waals surface area contributed by atoms with Crippen LogP contribution >= 0.6 is 11.8 Å². The maximum Gasteiger partial charge on any atom is 0.162 e. The van der Waals surface area contributed by atoms with Crippen LogP contribution in [0.2, 0.25) is 0 Å². The highest BCUT2D eigenvalue weighted by molar-refractivity contribution is 8.15. The lowest BCUT2D eigenvalue weighted by Gasteiger charge is -2.06. The summed E-state index contributed by atoms with van der Waals surface area (Å²) in [7, 11) is 0. The molecule has 1 atom stereocenters. The molecule has 0 saturated carbocycles. The molecule has 1 N–H and O–H groups in total. The van der Waals surface area contributed by atoms with Crippen molar-refractivity contribution in [3.05, 3.63) is 23.9 Å². The van der Waals surface area contributed by atoms with Crippen LogP contribution in [0.1, 0.15) is 12.5 Å². The highest BCUT2D eigenvalue weighted by atomic mass is 32.2. The van der Waals surface area contributed by atoms with E-state index in [1.807, 2.05) is 19.1 Å². The molecule has 0 fully saturated rings. The second-order valence-electron chi connectivity index (χ2n) is 3.37. The minimum Gasteiger partial charge on any atom is -0.319 e. The van der Waals surface area contributed by atoms with Gasteiger partial charge in [0.05, 0.1) is 6.54 Å². The molecule has 2 heterocycles. The summed E-state index contributed by atoms with van der Waals surface area (Å²) in [6, 6.07) is 3.98. The Morgan fingerprint density at radius 1 is 1.57 bits per heavy atom. The van der Waals surface area contributed by atoms with E-state index in [1.54, 1.807) is 18.0 Å². The highest BCUT2D eigenvalue weighted by Gasteiger charge is 2.15. The Balaban J connectivity index is 2.08. The first-order valence-electron chi connectivity index (χ1n) is 4.65. The predicted octanol–water partition coefficient (Wildman–Crippen LogP) is 2.29. The van der Waals surface area contributed by atoms with Crippen molar-refractivity contribution in [2.75, 3.05) is 11.9 Å². The number of nitrogens with zero attached hydrogens (tertiary/aromatic N) is 2. The SMILES string of the molecule is Cc1cccnc1NC1=NC[C@H](C)S1. The van der Waals surface area contributed by atoms with E-state index in [4.69, 9.17) is 0 Å². The van der Waals surface area contributed by atoms with Gasteiger partial charge in [-0.15, -0.1) is 0 Å². The fraction of sp³-hybridized carbons (Fsp3) is 0.400. The van der Waals surface area contributed by atoms with Crippen LogP contribution in [-0.2, 0) is 0 Å². The minimum atomic E-state index is 0.585. The van der Waals surface area contributed by atoms with Gasteiger partial charge in [-0.3, -0.25) is 4.99 Å². The normalized spacial score (nSPS) is 20.7. The zero-order valence-electron chi connectivity index (χ0n) is 8.32. The number of hydrogen-bond donors (Lipinski definition) is 1. The summed E-state index contributed by atoms with van der Waals surface area (Å²) in [6.45, 7) is 5.12. The van der Waals surface area contributed by atoms with Crippen molar-refractivity contribution in [2.24, 2.45) is 4.99 Å². The van der Waals surface area contributed by atoms with Crippen LogP contribution in [0.4, 0.5) is 5.82 Å². The Labute approximate surface area is 88.0 Å². The van der Waals surface area contributed by atoms with E-state index in [1.165, 1.54) is 0 Å². The summed E-state index contributed by atoms with van der Waals surface area (Å²) in [4.78, 5) is 8.64. The molecule has 1 aliphatic heterocycles. The molecule has 0 amide bonds. The van der Waals surface area contributed by atoms with Crippen LogP contribution in [0, 0.1) is 6.92 Å². The van der Waals surface area contributed by atoms with Gasteiger partial charge in [0.1, 0.15) is 5.82 Å². The molecule has 1 aromatic heterocycles. The van der Waals surface area contributed by atoms with Crippen molar-refractivity contribution < 1.29 is 0 Å². The maximum atomic E-state index is 4.38. The molecule has 1 aromatic rings. The summed E-state index contributed by atoms with van der Waals surface area (Å²) < 4.78 is 0. The minimum absolute atomic E-state index is 0.585. The van der Waals surface area contributed by atoms with E-state index in [9.17, 15) is 0 Å². The summed E-state index contributed by atoms with van der Waals surface area (Å²) >= 11 is 1.77. The summed E-state index contributed by atoms with van der Waals surface area (Å²) in [6.07, 6.45) is 1.79. The molecule has 0 unspecified atom stereocenters. The van der Waals surface area contributed by atoms with Crippen LogP contribution in [0.25, 0.3) is 0 Å². The van der Waals surface area contributed by atoms with Gasteiger partial charge in [-0.2, -0.15) is 0 Å². The molecule has 3 nitrogen and oxygen atoms in total. The lowest BCUT2D eigenvalue weighted by molar-refractivity contribution is 0.976. The van der Waals surface area contributed by atoms with Crippen molar-refractivity contribution in [2.45, 2.75) is 19.1 Å². The van der Waals surface area contributed by atoms with Gasteiger partial charge in [-0.1, -0.05) is 24.8 Å². The van der Waals surface area contributed by atoms with Gasteiger partial charge < -0.3 is 5.32 Å². The van der Waals surface area contributed by atoms with Crippen LogP contribution in [0.15, 0.2) is 23.3 Å². The van der Waals surface area contributed by atoms with Crippen LogP contribution in [0.5, 0.6) is 0 Å². The molecule has 0 spiro atoms. The quantitative estimate of drug-likeness (QED) is 0.767. The van der Waals surface area contributed by atoms with Crippen molar-refractivity contribution in [3.8, 4) is 0 Å². The second kappa shape index (κ2) is 4.00. The number of aliphatic imine (C=N–C) groups is 1. The molecule has 14 heavy (non-hydrogen) atoms. The molecule has 74 valence electrons. The molecule has 0 saturated heterocycles. The van der Waals surface area contributed by atoms with Gasteiger partial charge in [-0.05, 0) is 18.6 Å². The average Bonchev–Trinajstić information content (AvgIpc) is 2.56. The number of anilines is 1. The van der Waals surface area contributed by atoms with E-state index >= 15 is 0 Å². The third-order valence-electron chi connectivity index (χ3n) is 2.04. The van der Waals surface area contributed by atoms with Gasteiger partial charge in [0.15, 0.2) is 5.17 Å². The topological polar surface area (TPSA) is 37.3 Å². The predicted molar refractivity (Wildman–Crippen MR) is 62.0 cm³/mol. The highest BCUT2D eigenvalue weighted by Crippen LogP contribution is 2.22. The number of rotatable bonds is 1. The number of nitrogens with one attached hydrogen (secondary N) is 1. The van der Waals surface area contributed by atoms with Crippen LogP contribution in [-0.4, -0.2) is 21.9 Å². The Morgan fingerprint density at radius 3 is 3.07 bits per heavy atom. The number of aromatic nitrogens is 1. The molecule has 4 heteroatoms. The van der Waals surface area contributed by atoms with Gasteiger partial charge in [0.25, 0.3) is 0 Å². The van der Waals surface area contributed by atoms with Crippen molar-refractivity contribution in [3.63, 3.8) is 0 Å². The Morgan fingerprint density at radius 2 is 2.43 bits per heavy atom. The van der Waals surface area contributed by atoms with E-state index in [2.05, 4.69) is 22.2 Å². The average molecular weight is 207 g/mol. The smallest absolute Gasteiger partial charge is 0.162 e. The fourth-order valence-corrected chi connectivity index (χ4v) is 2.10. The Bertz CT molecular complexity index is 362. The lowest BCUT2D eigenvalue weighted by atomic mass is 10.3. The van der Waals surface area contributed by atoms with Gasteiger partial charge >= 0.3 is 0 Å². The van der Waals surface area contributed by atoms with E-state index in [0.717, 1.165) is 23.1 Å². The van der Waals surface area contributed by atoms with Gasteiger partial charge in [-0.25, -0.2) is 4.98 Å². The molecule has 0 radical (unpaired) electrons. The first kappa shape index (κ1) is 9.52. The van der Waals surface area contributed by atoms with E-state index < -0.39 is 0 Å². The lowest BCUT2D eigenvalue weighted by Crippen LogP contribution is -2.08. The summed E-state index contributed by atoms with van der Waals surface area (Å²) in [5.41, 5.74) is 1.15. The van der Waals surface area contributed by atoms with Gasteiger partial charge in [0.2, 0.25) is 0 Å². The number of hydrogen-bond acceptors (Lipinski definition) is 4. The third-order valence-corrected chi connectivity index (χ3v) is 3.05. The number of thioether (sulfide) groups is 1. The van der Waals surface area contributed by atoms with Crippen molar-refractivity contribution >= 4 is 22.7 Å². The monoisotopic (exact) mass is 207 g/mol. The first-order valence-corrected chi connectivity index (χ1v) is 5.53. The maximum absolute atomic E-state index is 4.38. The third kappa shape index (κ3) is 2.07. The number of pyridine rings is 1.